The molecule has 0 aromatic carbocycles. The van der Waals surface area contributed by atoms with E-state index in [1.165, 1.54) is 38.5 Å². The van der Waals surface area contributed by atoms with Crippen molar-refractivity contribution >= 4 is 0 Å². The van der Waals surface area contributed by atoms with Crippen molar-refractivity contribution in [2.75, 3.05) is 0 Å². The van der Waals surface area contributed by atoms with E-state index in [1.807, 2.05) is 0 Å². The first kappa shape index (κ1) is 13.1. The molecule has 0 unspecified atom stereocenters. The van der Waals surface area contributed by atoms with Gasteiger partial charge >= 0.3 is 0 Å². The van der Waals surface area contributed by atoms with Crippen LogP contribution in [0.1, 0.15) is 70.0 Å². The molecule has 2 saturated carbocycles. The quantitative estimate of drug-likeness (QED) is 0.909. The van der Waals surface area contributed by atoms with Crippen molar-refractivity contribution in [3.8, 4) is 0 Å². The van der Waals surface area contributed by atoms with E-state index >= 15 is 0 Å². The fraction of sp³-hybridized carbons (Fsp3) is 0.867. The van der Waals surface area contributed by atoms with Crippen LogP contribution in [0.4, 0.5) is 0 Å². The van der Waals surface area contributed by atoms with E-state index in [0.29, 0.717) is 0 Å². The summed E-state index contributed by atoms with van der Waals surface area (Å²) in [5.41, 5.74) is 6.04. The second-order valence-corrected chi connectivity index (χ2v) is 6.70. The van der Waals surface area contributed by atoms with E-state index in [-0.39, 0.29) is 5.54 Å². The summed E-state index contributed by atoms with van der Waals surface area (Å²) in [7, 11) is 0. The molecule has 1 aromatic heterocycles. The van der Waals surface area contributed by atoms with Crippen LogP contribution in [-0.4, -0.2) is 10.1 Å². The van der Waals surface area contributed by atoms with Gasteiger partial charge in [0, 0.05) is 6.42 Å². The van der Waals surface area contributed by atoms with Crippen molar-refractivity contribution in [1.82, 2.24) is 10.1 Å². The fourth-order valence-electron chi connectivity index (χ4n) is 3.55. The fourth-order valence-corrected chi connectivity index (χ4v) is 3.55. The van der Waals surface area contributed by atoms with Crippen LogP contribution in [0.25, 0.3) is 0 Å². The Bertz CT molecular complexity index is 415. The highest BCUT2D eigenvalue weighted by molar-refractivity contribution is 5.06. The lowest BCUT2D eigenvalue weighted by molar-refractivity contribution is 0.263. The van der Waals surface area contributed by atoms with E-state index in [1.54, 1.807) is 0 Å². The minimum atomic E-state index is -0.317. The lowest BCUT2D eigenvalue weighted by Gasteiger charge is -2.24. The van der Waals surface area contributed by atoms with Gasteiger partial charge in [-0.2, -0.15) is 4.98 Å². The van der Waals surface area contributed by atoms with Crippen molar-refractivity contribution in [3.63, 3.8) is 0 Å². The van der Waals surface area contributed by atoms with Gasteiger partial charge in [-0.1, -0.05) is 37.8 Å². The standard InChI is InChI=1S/C15H25N3O/c1-11-4-6-12(7-5-11)10-13-17-14(18-19-13)15(16)8-2-3-9-15/h11-12H,2-10,16H2,1H3. The molecule has 0 saturated heterocycles. The van der Waals surface area contributed by atoms with Gasteiger partial charge in [0.1, 0.15) is 0 Å². The van der Waals surface area contributed by atoms with Gasteiger partial charge in [0.25, 0.3) is 0 Å². The first-order valence-corrected chi connectivity index (χ1v) is 7.78. The minimum absolute atomic E-state index is 0.317. The second-order valence-electron chi connectivity index (χ2n) is 6.70. The smallest absolute Gasteiger partial charge is 0.226 e. The molecule has 4 heteroatoms. The molecule has 1 aromatic rings. The Morgan fingerprint density at radius 3 is 2.58 bits per heavy atom. The third-order valence-electron chi connectivity index (χ3n) is 5.01. The lowest BCUT2D eigenvalue weighted by Crippen LogP contribution is -2.34. The summed E-state index contributed by atoms with van der Waals surface area (Å²) in [5, 5.41) is 4.14. The molecule has 2 N–H and O–H groups in total. The normalized spacial score (nSPS) is 30.6. The molecule has 0 bridgehead atoms. The molecule has 2 aliphatic rings. The van der Waals surface area contributed by atoms with Gasteiger partial charge in [0.05, 0.1) is 5.54 Å². The number of hydrogen-bond acceptors (Lipinski definition) is 4. The number of nitrogens with zero attached hydrogens (tertiary/aromatic N) is 2. The van der Waals surface area contributed by atoms with Crippen molar-refractivity contribution in [1.29, 1.82) is 0 Å². The van der Waals surface area contributed by atoms with E-state index < -0.39 is 0 Å². The van der Waals surface area contributed by atoms with Crippen LogP contribution in [0.2, 0.25) is 0 Å². The Kier molecular flexibility index (Phi) is 3.61. The molecule has 2 fully saturated rings. The molecular weight excluding hydrogens is 238 g/mol. The van der Waals surface area contributed by atoms with Gasteiger partial charge < -0.3 is 10.3 Å². The first-order chi connectivity index (χ1) is 9.16. The van der Waals surface area contributed by atoms with E-state index in [2.05, 4.69) is 17.1 Å². The van der Waals surface area contributed by atoms with Crippen LogP contribution < -0.4 is 5.73 Å². The highest BCUT2D eigenvalue weighted by Gasteiger charge is 2.36. The zero-order chi connectivity index (χ0) is 13.3. The predicted molar refractivity (Wildman–Crippen MR) is 73.5 cm³/mol. The van der Waals surface area contributed by atoms with Crippen LogP contribution in [0.5, 0.6) is 0 Å². The van der Waals surface area contributed by atoms with E-state index in [9.17, 15) is 0 Å². The Morgan fingerprint density at radius 2 is 1.89 bits per heavy atom. The van der Waals surface area contributed by atoms with Crippen LogP contribution in [0.3, 0.4) is 0 Å². The maximum atomic E-state index is 6.36. The monoisotopic (exact) mass is 263 g/mol. The summed E-state index contributed by atoms with van der Waals surface area (Å²) in [6.07, 6.45) is 10.6. The lowest BCUT2D eigenvalue weighted by atomic mass is 9.81. The predicted octanol–water partition coefficient (Wildman–Crippen LogP) is 3.17. The minimum Gasteiger partial charge on any atom is -0.339 e. The summed E-state index contributed by atoms with van der Waals surface area (Å²) in [6, 6.07) is 0. The molecule has 3 rings (SSSR count). The SMILES string of the molecule is CC1CCC(Cc2nc(C3(N)CCCC3)no2)CC1. The molecular formula is C15H25N3O. The Hall–Kier alpha value is -0.900. The van der Waals surface area contributed by atoms with Crippen LogP contribution in [-0.2, 0) is 12.0 Å². The topological polar surface area (TPSA) is 64.9 Å². The average molecular weight is 263 g/mol. The van der Waals surface area contributed by atoms with Crippen molar-refractivity contribution in [2.45, 2.75) is 70.3 Å². The van der Waals surface area contributed by atoms with Gasteiger partial charge in [-0.25, -0.2) is 0 Å². The zero-order valence-electron chi connectivity index (χ0n) is 11.9. The molecule has 1 heterocycles. The summed E-state index contributed by atoms with van der Waals surface area (Å²) < 4.78 is 5.43. The van der Waals surface area contributed by atoms with Crippen molar-refractivity contribution < 1.29 is 4.52 Å². The van der Waals surface area contributed by atoms with E-state index in [4.69, 9.17) is 10.3 Å². The molecule has 0 amide bonds. The highest BCUT2D eigenvalue weighted by Crippen LogP contribution is 2.35. The Labute approximate surface area is 115 Å². The van der Waals surface area contributed by atoms with Crippen LogP contribution >= 0.6 is 0 Å². The van der Waals surface area contributed by atoms with Gasteiger partial charge in [0.15, 0.2) is 5.82 Å². The highest BCUT2D eigenvalue weighted by atomic mass is 16.5. The third kappa shape index (κ3) is 2.83. The van der Waals surface area contributed by atoms with Crippen LogP contribution in [0.15, 0.2) is 4.52 Å². The molecule has 0 aliphatic heterocycles. The Morgan fingerprint density at radius 1 is 1.21 bits per heavy atom. The van der Waals surface area contributed by atoms with Crippen molar-refractivity contribution in [2.24, 2.45) is 17.6 Å². The van der Waals surface area contributed by atoms with Gasteiger partial charge in [-0.15, -0.1) is 0 Å². The zero-order valence-corrected chi connectivity index (χ0v) is 11.9. The summed E-state index contributed by atoms with van der Waals surface area (Å²) in [5.74, 6) is 3.15. The summed E-state index contributed by atoms with van der Waals surface area (Å²) >= 11 is 0. The molecule has 106 valence electrons. The molecule has 0 radical (unpaired) electrons. The van der Waals surface area contributed by atoms with Crippen LogP contribution in [0, 0.1) is 11.8 Å². The molecule has 0 spiro atoms. The number of aromatic nitrogens is 2. The largest absolute Gasteiger partial charge is 0.339 e. The van der Waals surface area contributed by atoms with Crippen molar-refractivity contribution in [3.05, 3.63) is 11.7 Å². The molecule has 0 atom stereocenters. The average Bonchev–Trinajstić information content (AvgIpc) is 3.02. The second kappa shape index (κ2) is 5.23. The molecule has 4 nitrogen and oxygen atoms in total. The van der Waals surface area contributed by atoms with Gasteiger partial charge in [-0.3, -0.25) is 0 Å². The number of rotatable bonds is 3. The van der Waals surface area contributed by atoms with E-state index in [0.717, 1.165) is 42.8 Å². The molecule has 19 heavy (non-hydrogen) atoms. The first-order valence-electron chi connectivity index (χ1n) is 7.78. The molecule has 2 aliphatic carbocycles. The number of hydrogen-bond donors (Lipinski definition) is 1. The van der Waals surface area contributed by atoms with Gasteiger partial charge in [0.2, 0.25) is 5.89 Å². The maximum Gasteiger partial charge on any atom is 0.226 e. The maximum absolute atomic E-state index is 6.36. The Balaban J connectivity index is 1.62. The summed E-state index contributed by atoms with van der Waals surface area (Å²) in [6.45, 7) is 2.35. The number of nitrogens with two attached hydrogens (primary N) is 1. The third-order valence-corrected chi connectivity index (χ3v) is 5.01. The van der Waals surface area contributed by atoms with Gasteiger partial charge in [-0.05, 0) is 37.5 Å². The summed E-state index contributed by atoms with van der Waals surface area (Å²) in [4.78, 5) is 4.57.